The summed E-state index contributed by atoms with van der Waals surface area (Å²) in [5.41, 5.74) is 0.294. The Bertz CT molecular complexity index is 564. The third-order valence-electron chi connectivity index (χ3n) is 2.58. The number of nitrogens with one attached hydrogen (secondary N) is 2. The average Bonchev–Trinajstić information content (AvgIpc) is 2.85. The fourth-order valence-corrected chi connectivity index (χ4v) is 1.54. The van der Waals surface area contributed by atoms with Gasteiger partial charge in [0.1, 0.15) is 17.3 Å². The average molecular weight is 275 g/mol. The molecule has 0 aliphatic rings. The van der Waals surface area contributed by atoms with Crippen molar-refractivity contribution in [1.29, 1.82) is 0 Å². The van der Waals surface area contributed by atoms with Crippen molar-refractivity contribution >= 4 is 17.5 Å². The standard InChI is InChI=1S/C13H17N5O2/c1-3-4-5-14-13(19)10-7-16-12(8-15-10)17-11-6-9(2)20-18-11/h6-8H,3-5H2,1-2H3,(H,14,19)(H,16,17,18). The molecular weight excluding hydrogens is 258 g/mol. The lowest BCUT2D eigenvalue weighted by molar-refractivity contribution is 0.0948. The molecule has 7 nitrogen and oxygen atoms in total. The second-order valence-electron chi connectivity index (χ2n) is 4.34. The molecule has 2 heterocycles. The second kappa shape index (κ2) is 6.65. The van der Waals surface area contributed by atoms with Gasteiger partial charge < -0.3 is 15.2 Å². The summed E-state index contributed by atoms with van der Waals surface area (Å²) >= 11 is 0. The molecule has 0 fully saturated rings. The van der Waals surface area contributed by atoms with E-state index in [4.69, 9.17) is 4.52 Å². The maximum absolute atomic E-state index is 11.7. The van der Waals surface area contributed by atoms with Gasteiger partial charge in [-0.1, -0.05) is 18.5 Å². The van der Waals surface area contributed by atoms with E-state index in [0.717, 1.165) is 12.8 Å². The molecule has 0 saturated carbocycles. The van der Waals surface area contributed by atoms with Crippen LogP contribution in [0.4, 0.5) is 11.6 Å². The zero-order valence-corrected chi connectivity index (χ0v) is 11.5. The van der Waals surface area contributed by atoms with E-state index >= 15 is 0 Å². The molecule has 2 rings (SSSR count). The molecule has 0 spiro atoms. The van der Waals surface area contributed by atoms with Crippen LogP contribution in [0.2, 0.25) is 0 Å². The number of aryl methyl sites for hydroxylation is 1. The van der Waals surface area contributed by atoms with Gasteiger partial charge in [-0.15, -0.1) is 0 Å². The molecule has 1 amide bonds. The van der Waals surface area contributed by atoms with Crippen LogP contribution in [0.3, 0.4) is 0 Å². The third-order valence-corrected chi connectivity index (χ3v) is 2.58. The van der Waals surface area contributed by atoms with Gasteiger partial charge in [-0.2, -0.15) is 0 Å². The van der Waals surface area contributed by atoms with E-state index in [-0.39, 0.29) is 5.91 Å². The summed E-state index contributed by atoms with van der Waals surface area (Å²) in [6.07, 6.45) is 4.89. The SMILES string of the molecule is CCCCNC(=O)c1cnc(Nc2cc(C)on2)cn1. The van der Waals surface area contributed by atoms with Crippen molar-refractivity contribution in [3.63, 3.8) is 0 Å². The molecule has 0 radical (unpaired) electrons. The van der Waals surface area contributed by atoms with Crippen LogP contribution in [0, 0.1) is 6.92 Å². The summed E-state index contributed by atoms with van der Waals surface area (Å²) in [6.45, 7) is 4.51. The number of carbonyl (C=O) groups is 1. The lowest BCUT2D eigenvalue weighted by atomic mass is 10.3. The highest BCUT2D eigenvalue weighted by atomic mass is 16.5. The van der Waals surface area contributed by atoms with Crippen LogP contribution >= 0.6 is 0 Å². The fraction of sp³-hybridized carbons (Fsp3) is 0.385. The van der Waals surface area contributed by atoms with E-state index in [9.17, 15) is 4.79 Å². The monoisotopic (exact) mass is 275 g/mol. The van der Waals surface area contributed by atoms with E-state index in [1.807, 2.05) is 0 Å². The Morgan fingerprint density at radius 1 is 1.30 bits per heavy atom. The lowest BCUT2D eigenvalue weighted by Gasteiger charge is -2.04. The maximum atomic E-state index is 11.7. The first-order chi connectivity index (χ1) is 9.69. The smallest absolute Gasteiger partial charge is 0.271 e. The minimum Gasteiger partial charge on any atom is -0.360 e. The van der Waals surface area contributed by atoms with Crippen LogP contribution in [0.5, 0.6) is 0 Å². The molecular formula is C13H17N5O2. The van der Waals surface area contributed by atoms with E-state index < -0.39 is 0 Å². The Hall–Kier alpha value is -2.44. The van der Waals surface area contributed by atoms with Crippen LogP contribution in [-0.4, -0.2) is 27.6 Å². The Balaban J connectivity index is 1.94. The van der Waals surface area contributed by atoms with Crippen molar-refractivity contribution in [2.24, 2.45) is 0 Å². The van der Waals surface area contributed by atoms with Crippen molar-refractivity contribution in [3.05, 3.63) is 29.9 Å². The first kappa shape index (κ1) is 14.0. The van der Waals surface area contributed by atoms with E-state index in [1.54, 1.807) is 13.0 Å². The molecule has 0 aliphatic heterocycles. The van der Waals surface area contributed by atoms with Gasteiger partial charge in [0.05, 0.1) is 12.4 Å². The van der Waals surface area contributed by atoms with Gasteiger partial charge in [0, 0.05) is 12.6 Å². The number of aromatic nitrogens is 3. The topological polar surface area (TPSA) is 92.9 Å². The van der Waals surface area contributed by atoms with E-state index in [0.29, 0.717) is 29.6 Å². The van der Waals surface area contributed by atoms with Crippen LogP contribution in [-0.2, 0) is 0 Å². The Labute approximate surface area is 116 Å². The fourth-order valence-electron chi connectivity index (χ4n) is 1.54. The summed E-state index contributed by atoms with van der Waals surface area (Å²) in [5, 5.41) is 9.50. The highest BCUT2D eigenvalue weighted by Crippen LogP contribution is 2.12. The molecule has 2 aromatic rings. The number of unbranched alkanes of at least 4 members (excludes halogenated alkanes) is 1. The van der Waals surface area contributed by atoms with E-state index in [2.05, 4.69) is 32.7 Å². The summed E-state index contributed by atoms with van der Waals surface area (Å²) in [5.74, 6) is 1.54. The van der Waals surface area contributed by atoms with Gasteiger partial charge in [0.2, 0.25) is 0 Å². The lowest BCUT2D eigenvalue weighted by Crippen LogP contribution is -2.25. The molecule has 0 bridgehead atoms. The molecule has 2 aromatic heterocycles. The molecule has 20 heavy (non-hydrogen) atoms. The number of nitrogens with zero attached hydrogens (tertiary/aromatic N) is 3. The van der Waals surface area contributed by atoms with Gasteiger partial charge in [0.25, 0.3) is 5.91 Å². The number of rotatable bonds is 6. The van der Waals surface area contributed by atoms with Crippen molar-refractivity contribution in [2.75, 3.05) is 11.9 Å². The van der Waals surface area contributed by atoms with Crippen LogP contribution < -0.4 is 10.6 Å². The zero-order chi connectivity index (χ0) is 14.4. The molecule has 0 saturated heterocycles. The van der Waals surface area contributed by atoms with Crippen LogP contribution in [0.25, 0.3) is 0 Å². The molecule has 106 valence electrons. The molecule has 0 aromatic carbocycles. The van der Waals surface area contributed by atoms with Crippen LogP contribution in [0.15, 0.2) is 23.0 Å². The number of amides is 1. The Morgan fingerprint density at radius 2 is 2.15 bits per heavy atom. The molecule has 7 heteroatoms. The minimum absolute atomic E-state index is 0.213. The Morgan fingerprint density at radius 3 is 2.75 bits per heavy atom. The van der Waals surface area contributed by atoms with Gasteiger partial charge in [0.15, 0.2) is 5.82 Å². The summed E-state index contributed by atoms with van der Waals surface area (Å²) in [6, 6.07) is 1.74. The zero-order valence-electron chi connectivity index (χ0n) is 11.5. The first-order valence-electron chi connectivity index (χ1n) is 6.49. The molecule has 0 unspecified atom stereocenters. The molecule has 0 atom stereocenters. The minimum atomic E-state index is -0.213. The van der Waals surface area contributed by atoms with Gasteiger partial charge in [-0.25, -0.2) is 9.97 Å². The highest BCUT2D eigenvalue weighted by molar-refractivity contribution is 5.91. The number of carbonyl (C=O) groups excluding carboxylic acids is 1. The van der Waals surface area contributed by atoms with E-state index in [1.165, 1.54) is 12.4 Å². The van der Waals surface area contributed by atoms with Crippen molar-refractivity contribution in [1.82, 2.24) is 20.4 Å². The predicted molar refractivity (Wildman–Crippen MR) is 73.8 cm³/mol. The number of hydrogen-bond donors (Lipinski definition) is 2. The number of anilines is 2. The van der Waals surface area contributed by atoms with Gasteiger partial charge >= 0.3 is 0 Å². The first-order valence-corrected chi connectivity index (χ1v) is 6.49. The molecule has 2 N–H and O–H groups in total. The maximum Gasteiger partial charge on any atom is 0.271 e. The molecule has 0 aliphatic carbocycles. The predicted octanol–water partition coefficient (Wildman–Crippen LogP) is 2.05. The summed E-state index contributed by atoms with van der Waals surface area (Å²) in [7, 11) is 0. The quantitative estimate of drug-likeness (QED) is 0.784. The summed E-state index contributed by atoms with van der Waals surface area (Å²) in [4.78, 5) is 19.9. The normalized spacial score (nSPS) is 10.3. The van der Waals surface area contributed by atoms with Crippen molar-refractivity contribution in [3.8, 4) is 0 Å². The third kappa shape index (κ3) is 3.78. The van der Waals surface area contributed by atoms with Crippen molar-refractivity contribution in [2.45, 2.75) is 26.7 Å². The van der Waals surface area contributed by atoms with Crippen molar-refractivity contribution < 1.29 is 9.32 Å². The van der Waals surface area contributed by atoms with Gasteiger partial charge in [-0.3, -0.25) is 4.79 Å². The summed E-state index contributed by atoms with van der Waals surface area (Å²) < 4.78 is 4.93. The van der Waals surface area contributed by atoms with Gasteiger partial charge in [-0.05, 0) is 13.3 Å². The highest BCUT2D eigenvalue weighted by Gasteiger charge is 2.08. The largest absolute Gasteiger partial charge is 0.360 e. The number of hydrogen-bond acceptors (Lipinski definition) is 6. The Kier molecular flexibility index (Phi) is 4.65. The second-order valence-corrected chi connectivity index (χ2v) is 4.34. The van der Waals surface area contributed by atoms with Crippen LogP contribution in [0.1, 0.15) is 36.0 Å².